The third-order valence-electron chi connectivity index (χ3n) is 1.88. The number of carbonyl (C=O) groups is 2. The number of carboxylic acids is 1. The zero-order chi connectivity index (χ0) is 12.6. The van der Waals surface area contributed by atoms with E-state index in [1.165, 1.54) is 0 Å². The molecule has 0 aromatic heterocycles. The van der Waals surface area contributed by atoms with Crippen molar-refractivity contribution in [1.29, 1.82) is 0 Å². The molecule has 0 fully saturated rings. The number of ether oxygens (including phenoxy) is 1. The molecular formula is C10H18N2O4. The summed E-state index contributed by atoms with van der Waals surface area (Å²) in [4.78, 5) is 21.7. The van der Waals surface area contributed by atoms with Gasteiger partial charge in [-0.05, 0) is 12.8 Å². The Bertz CT molecular complexity index is 287. The summed E-state index contributed by atoms with van der Waals surface area (Å²) in [5.74, 6) is -1.09. The van der Waals surface area contributed by atoms with Crippen LogP contribution < -0.4 is 11.1 Å². The highest BCUT2D eigenvalue weighted by atomic mass is 16.5. The van der Waals surface area contributed by atoms with Gasteiger partial charge >= 0.3 is 12.1 Å². The van der Waals surface area contributed by atoms with Crippen LogP contribution in [0.3, 0.4) is 0 Å². The summed E-state index contributed by atoms with van der Waals surface area (Å²) >= 11 is 0. The summed E-state index contributed by atoms with van der Waals surface area (Å²) in [6.07, 6.45) is 0.502. The number of rotatable bonds is 6. The summed E-state index contributed by atoms with van der Waals surface area (Å²) in [6.45, 7) is 3.90. The minimum absolute atomic E-state index is 0.0710. The third kappa shape index (κ3) is 5.23. The maximum Gasteiger partial charge on any atom is 0.407 e. The van der Waals surface area contributed by atoms with Crippen molar-refractivity contribution in [2.75, 3.05) is 13.2 Å². The first-order valence-corrected chi connectivity index (χ1v) is 5.14. The van der Waals surface area contributed by atoms with Crippen molar-refractivity contribution in [2.45, 2.75) is 26.7 Å². The Hall–Kier alpha value is -1.72. The van der Waals surface area contributed by atoms with Gasteiger partial charge in [-0.25, -0.2) is 9.59 Å². The van der Waals surface area contributed by atoms with Gasteiger partial charge in [0.1, 0.15) is 6.61 Å². The number of carbonyl (C=O) groups excluding carboxylic acids is 1. The Balaban J connectivity index is 4.18. The first-order valence-electron chi connectivity index (χ1n) is 5.14. The minimum Gasteiger partial charge on any atom is -0.478 e. The molecule has 92 valence electrons. The highest BCUT2D eigenvalue weighted by Gasteiger charge is 2.11. The van der Waals surface area contributed by atoms with Crippen LogP contribution in [-0.4, -0.2) is 30.3 Å². The van der Waals surface area contributed by atoms with Crippen molar-refractivity contribution in [3.63, 3.8) is 0 Å². The maximum atomic E-state index is 11.0. The van der Waals surface area contributed by atoms with Crippen LogP contribution >= 0.6 is 0 Å². The SMILES string of the molecule is CCCNC(=O)OCC(N)=C(CC)C(=O)O. The zero-order valence-corrected chi connectivity index (χ0v) is 9.58. The second kappa shape index (κ2) is 7.56. The van der Waals surface area contributed by atoms with E-state index >= 15 is 0 Å². The first kappa shape index (κ1) is 14.3. The molecule has 1 amide bonds. The largest absolute Gasteiger partial charge is 0.478 e. The molecule has 0 aromatic rings. The summed E-state index contributed by atoms with van der Waals surface area (Å²) in [7, 11) is 0. The van der Waals surface area contributed by atoms with Gasteiger partial charge in [-0.3, -0.25) is 0 Å². The van der Waals surface area contributed by atoms with Crippen LogP contribution in [0.5, 0.6) is 0 Å². The molecule has 0 aliphatic rings. The van der Waals surface area contributed by atoms with Gasteiger partial charge < -0.3 is 20.9 Å². The fourth-order valence-electron chi connectivity index (χ4n) is 1.02. The Kier molecular flexibility index (Phi) is 6.74. The molecule has 0 unspecified atom stereocenters. The lowest BCUT2D eigenvalue weighted by atomic mass is 10.1. The molecule has 16 heavy (non-hydrogen) atoms. The molecule has 4 N–H and O–H groups in total. The Morgan fingerprint density at radius 1 is 1.38 bits per heavy atom. The number of hydrogen-bond donors (Lipinski definition) is 3. The molecule has 0 atom stereocenters. The van der Waals surface area contributed by atoms with E-state index in [0.717, 1.165) is 6.42 Å². The molecular weight excluding hydrogens is 212 g/mol. The topological polar surface area (TPSA) is 102 Å². The average molecular weight is 230 g/mol. The van der Waals surface area contributed by atoms with Crippen molar-refractivity contribution < 1.29 is 19.4 Å². The van der Waals surface area contributed by atoms with Crippen molar-refractivity contribution in [1.82, 2.24) is 5.32 Å². The van der Waals surface area contributed by atoms with Gasteiger partial charge in [0.15, 0.2) is 0 Å². The van der Waals surface area contributed by atoms with E-state index in [1.54, 1.807) is 6.92 Å². The second-order valence-electron chi connectivity index (χ2n) is 3.17. The zero-order valence-electron chi connectivity index (χ0n) is 9.58. The summed E-state index contributed by atoms with van der Waals surface area (Å²) in [6, 6.07) is 0. The quantitative estimate of drug-likeness (QED) is 0.586. The second-order valence-corrected chi connectivity index (χ2v) is 3.17. The van der Waals surface area contributed by atoms with Gasteiger partial charge in [0.25, 0.3) is 0 Å². The molecule has 0 saturated heterocycles. The number of alkyl carbamates (subject to hydrolysis) is 1. The third-order valence-corrected chi connectivity index (χ3v) is 1.88. The predicted molar refractivity (Wildman–Crippen MR) is 58.8 cm³/mol. The van der Waals surface area contributed by atoms with Crippen LogP contribution in [0, 0.1) is 0 Å². The fourth-order valence-corrected chi connectivity index (χ4v) is 1.02. The van der Waals surface area contributed by atoms with E-state index in [9.17, 15) is 9.59 Å². The van der Waals surface area contributed by atoms with E-state index < -0.39 is 12.1 Å². The maximum absolute atomic E-state index is 11.0. The highest BCUT2D eigenvalue weighted by Crippen LogP contribution is 2.05. The van der Waals surface area contributed by atoms with Gasteiger partial charge in [0.2, 0.25) is 0 Å². The van der Waals surface area contributed by atoms with Crippen LogP contribution in [0.2, 0.25) is 0 Å². The standard InChI is InChI=1S/C10H18N2O4/c1-3-5-12-10(15)16-6-8(11)7(4-2)9(13)14/h3-6,11H2,1-2H3,(H,12,15)(H,13,14). The van der Waals surface area contributed by atoms with Crippen molar-refractivity contribution >= 4 is 12.1 Å². The van der Waals surface area contributed by atoms with Crippen molar-refractivity contribution in [2.24, 2.45) is 5.73 Å². The summed E-state index contributed by atoms with van der Waals surface area (Å²) in [5.41, 5.74) is 5.64. The number of nitrogens with two attached hydrogens (primary N) is 1. The van der Waals surface area contributed by atoms with E-state index in [0.29, 0.717) is 13.0 Å². The van der Waals surface area contributed by atoms with Crippen molar-refractivity contribution in [3.05, 3.63) is 11.3 Å². The van der Waals surface area contributed by atoms with Gasteiger partial charge in [0.05, 0.1) is 11.3 Å². The van der Waals surface area contributed by atoms with E-state index in [1.807, 2.05) is 6.92 Å². The first-order chi connectivity index (χ1) is 7.52. The molecule has 0 saturated carbocycles. The smallest absolute Gasteiger partial charge is 0.407 e. The molecule has 0 aromatic carbocycles. The minimum atomic E-state index is -1.09. The molecule has 0 heterocycles. The van der Waals surface area contributed by atoms with E-state index in [4.69, 9.17) is 15.6 Å². The van der Waals surface area contributed by atoms with Crippen LogP contribution in [0.1, 0.15) is 26.7 Å². The van der Waals surface area contributed by atoms with E-state index in [-0.39, 0.29) is 17.9 Å². The molecule has 6 nitrogen and oxygen atoms in total. The number of aliphatic carboxylic acids is 1. The number of carboxylic acid groups (broad SMARTS) is 1. The highest BCUT2D eigenvalue weighted by molar-refractivity contribution is 5.87. The van der Waals surface area contributed by atoms with Crippen LogP contribution in [0.15, 0.2) is 11.3 Å². The monoisotopic (exact) mass is 230 g/mol. The van der Waals surface area contributed by atoms with E-state index in [2.05, 4.69) is 5.32 Å². The molecule has 6 heteroatoms. The average Bonchev–Trinajstić information content (AvgIpc) is 2.23. The molecule has 0 aliphatic carbocycles. The van der Waals surface area contributed by atoms with Gasteiger partial charge in [-0.1, -0.05) is 13.8 Å². The summed E-state index contributed by atoms with van der Waals surface area (Å²) in [5, 5.41) is 11.2. The Morgan fingerprint density at radius 3 is 2.44 bits per heavy atom. The predicted octanol–water partition coefficient (Wildman–Crippen LogP) is 0.830. The Morgan fingerprint density at radius 2 is 2.00 bits per heavy atom. The number of hydrogen-bond acceptors (Lipinski definition) is 4. The lowest BCUT2D eigenvalue weighted by molar-refractivity contribution is -0.132. The fraction of sp³-hybridized carbons (Fsp3) is 0.600. The lowest BCUT2D eigenvalue weighted by Crippen LogP contribution is -2.27. The van der Waals surface area contributed by atoms with Crippen molar-refractivity contribution in [3.8, 4) is 0 Å². The van der Waals surface area contributed by atoms with Gasteiger partial charge in [-0.2, -0.15) is 0 Å². The van der Waals surface area contributed by atoms with Gasteiger partial charge in [-0.15, -0.1) is 0 Å². The Labute approximate surface area is 94.5 Å². The van der Waals surface area contributed by atoms with Crippen LogP contribution in [0.4, 0.5) is 4.79 Å². The molecule has 0 rings (SSSR count). The molecule has 0 spiro atoms. The summed E-state index contributed by atoms with van der Waals surface area (Å²) < 4.78 is 4.74. The molecule has 0 aliphatic heterocycles. The van der Waals surface area contributed by atoms with Crippen LogP contribution in [0.25, 0.3) is 0 Å². The van der Waals surface area contributed by atoms with Gasteiger partial charge in [0, 0.05) is 6.54 Å². The molecule has 0 radical (unpaired) electrons. The number of amides is 1. The normalized spacial score (nSPS) is 11.6. The van der Waals surface area contributed by atoms with Crippen LogP contribution in [-0.2, 0) is 9.53 Å². The number of nitrogens with one attached hydrogen (secondary N) is 1. The molecule has 0 bridgehead atoms. The lowest BCUT2D eigenvalue weighted by Gasteiger charge is -2.08.